The highest BCUT2D eigenvalue weighted by Gasteiger charge is 2.13. The number of carbonyl (C=O) groups excluding carboxylic acids is 1. The van der Waals surface area contributed by atoms with Crippen molar-refractivity contribution < 1.29 is 19.0 Å². The maximum Gasteiger partial charge on any atom is 0.250 e. The Hall–Kier alpha value is -1.75. The summed E-state index contributed by atoms with van der Waals surface area (Å²) in [7, 11) is 0. The van der Waals surface area contributed by atoms with Crippen LogP contribution in [-0.4, -0.2) is 25.9 Å². The molecular weight excluding hydrogens is 210 g/mol. The lowest BCUT2D eigenvalue weighted by molar-refractivity contribution is -0.120. The summed E-state index contributed by atoms with van der Waals surface area (Å²) in [6.45, 7) is 2.65. The van der Waals surface area contributed by atoms with Crippen LogP contribution in [0.2, 0.25) is 0 Å². The average Bonchev–Trinajstić information content (AvgIpc) is 2.73. The monoisotopic (exact) mass is 223 g/mol. The van der Waals surface area contributed by atoms with E-state index in [9.17, 15) is 4.79 Å². The summed E-state index contributed by atoms with van der Waals surface area (Å²) in [5, 5.41) is 2.71. The molecule has 1 heterocycles. The molecule has 1 aliphatic rings. The number of carbonyl (C=O) groups is 1. The summed E-state index contributed by atoms with van der Waals surface area (Å²) in [6.07, 6.45) is 0. The van der Waals surface area contributed by atoms with Gasteiger partial charge in [0.25, 0.3) is 0 Å². The van der Waals surface area contributed by atoms with E-state index in [-0.39, 0.29) is 19.3 Å². The fourth-order valence-corrected chi connectivity index (χ4v) is 1.37. The van der Waals surface area contributed by atoms with Crippen molar-refractivity contribution in [3.05, 3.63) is 18.2 Å². The van der Waals surface area contributed by atoms with Gasteiger partial charge in [-0.05, 0) is 19.1 Å². The molecule has 1 aliphatic heterocycles. The Morgan fingerprint density at radius 1 is 1.44 bits per heavy atom. The zero-order chi connectivity index (χ0) is 11.4. The molecule has 0 saturated heterocycles. The molecule has 0 aromatic heterocycles. The smallest absolute Gasteiger partial charge is 0.250 e. The number of anilines is 1. The Morgan fingerprint density at radius 2 is 2.25 bits per heavy atom. The second-order valence-electron chi connectivity index (χ2n) is 3.25. The van der Waals surface area contributed by atoms with Gasteiger partial charge in [0.05, 0.1) is 0 Å². The molecule has 86 valence electrons. The predicted octanol–water partition coefficient (Wildman–Crippen LogP) is 1.39. The maximum absolute atomic E-state index is 11.4. The number of fused-ring (bicyclic) bond motifs is 1. The van der Waals surface area contributed by atoms with E-state index in [1.54, 1.807) is 18.2 Å². The quantitative estimate of drug-likeness (QED) is 0.838. The van der Waals surface area contributed by atoms with Crippen LogP contribution < -0.4 is 14.8 Å². The Kier molecular flexibility index (Phi) is 3.26. The summed E-state index contributed by atoms with van der Waals surface area (Å²) >= 11 is 0. The fraction of sp³-hybridized carbons (Fsp3) is 0.364. The van der Waals surface area contributed by atoms with E-state index in [1.807, 2.05) is 6.92 Å². The highest BCUT2D eigenvalue weighted by molar-refractivity contribution is 5.92. The van der Waals surface area contributed by atoms with Crippen LogP contribution in [0.1, 0.15) is 6.92 Å². The normalized spacial score (nSPS) is 12.6. The van der Waals surface area contributed by atoms with Crippen LogP contribution in [0, 0.1) is 0 Å². The Morgan fingerprint density at radius 3 is 3.06 bits per heavy atom. The largest absolute Gasteiger partial charge is 0.454 e. The van der Waals surface area contributed by atoms with E-state index in [1.165, 1.54) is 0 Å². The molecule has 0 atom stereocenters. The summed E-state index contributed by atoms with van der Waals surface area (Å²) in [4.78, 5) is 11.4. The van der Waals surface area contributed by atoms with Gasteiger partial charge in [0.1, 0.15) is 6.61 Å². The standard InChI is InChI=1S/C11H13NO4/c1-2-14-6-11(13)12-8-3-4-9-10(5-8)16-7-15-9/h3-5H,2,6-7H2,1H3,(H,12,13). The maximum atomic E-state index is 11.4. The number of amides is 1. The van der Waals surface area contributed by atoms with Crippen LogP contribution in [0.5, 0.6) is 11.5 Å². The van der Waals surface area contributed by atoms with Crippen LogP contribution in [0.3, 0.4) is 0 Å². The van der Waals surface area contributed by atoms with Crippen molar-refractivity contribution in [2.24, 2.45) is 0 Å². The number of hydrogen-bond acceptors (Lipinski definition) is 4. The van der Waals surface area contributed by atoms with Gasteiger partial charge < -0.3 is 19.5 Å². The average molecular weight is 223 g/mol. The van der Waals surface area contributed by atoms with Crippen LogP contribution in [0.15, 0.2) is 18.2 Å². The lowest BCUT2D eigenvalue weighted by atomic mass is 10.3. The molecular formula is C11H13NO4. The molecule has 0 radical (unpaired) electrons. The van der Waals surface area contributed by atoms with Gasteiger partial charge in [-0.2, -0.15) is 0 Å². The van der Waals surface area contributed by atoms with Crippen LogP contribution in [0.25, 0.3) is 0 Å². The lowest BCUT2D eigenvalue weighted by Crippen LogP contribution is -2.18. The van der Waals surface area contributed by atoms with Crippen molar-refractivity contribution in [1.29, 1.82) is 0 Å². The molecule has 0 bridgehead atoms. The molecule has 16 heavy (non-hydrogen) atoms. The van der Waals surface area contributed by atoms with E-state index in [4.69, 9.17) is 14.2 Å². The van der Waals surface area contributed by atoms with Gasteiger partial charge in [-0.15, -0.1) is 0 Å². The minimum absolute atomic E-state index is 0.0605. The summed E-state index contributed by atoms with van der Waals surface area (Å²) in [5.74, 6) is 1.16. The minimum atomic E-state index is -0.180. The molecule has 1 N–H and O–H groups in total. The third kappa shape index (κ3) is 2.43. The molecule has 2 rings (SSSR count). The highest BCUT2D eigenvalue weighted by Crippen LogP contribution is 2.34. The second-order valence-corrected chi connectivity index (χ2v) is 3.25. The molecule has 0 unspecified atom stereocenters. The molecule has 1 aromatic rings. The topological polar surface area (TPSA) is 56.8 Å². The lowest BCUT2D eigenvalue weighted by Gasteiger charge is -2.05. The minimum Gasteiger partial charge on any atom is -0.454 e. The van der Waals surface area contributed by atoms with Gasteiger partial charge in [0.15, 0.2) is 11.5 Å². The van der Waals surface area contributed by atoms with Crippen molar-refractivity contribution in [1.82, 2.24) is 0 Å². The first-order valence-electron chi connectivity index (χ1n) is 5.07. The summed E-state index contributed by atoms with van der Waals surface area (Å²) < 4.78 is 15.4. The summed E-state index contributed by atoms with van der Waals surface area (Å²) in [5.41, 5.74) is 0.675. The highest BCUT2D eigenvalue weighted by atomic mass is 16.7. The number of rotatable bonds is 4. The third-order valence-electron chi connectivity index (χ3n) is 2.09. The molecule has 0 spiro atoms. The molecule has 5 heteroatoms. The van der Waals surface area contributed by atoms with E-state index >= 15 is 0 Å². The van der Waals surface area contributed by atoms with Crippen molar-refractivity contribution in [2.75, 3.05) is 25.3 Å². The summed E-state index contributed by atoms with van der Waals surface area (Å²) in [6, 6.07) is 5.25. The number of hydrogen-bond donors (Lipinski definition) is 1. The Bertz CT molecular complexity index is 392. The molecule has 1 amide bonds. The van der Waals surface area contributed by atoms with E-state index < -0.39 is 0 Å². The van der Waals surface area contributed by atoms with Crippen molar-refractivity contribution in [3.8, 4) is 11.5 Å². The second kappa shape index (κ2) is 4.85. The van der Waals surface area contributed by atoms with Gasteiger partial charge in [0.2, 0.25) is 12.7 Å². The zero-order valence-corrected chi connectivity index (χ0v) is 8.99. The van der Waals surface area contributed by atoms with E-state index in [0.717, 1.165) is 0 Å². The van der Waals surface area contributed by atoms with Gasteiger partial charge >= 0.3 is 0 Å². The van der Waals surface area contributed by atoms with Gasteiger partial charge in [-0.1, -0.05) is 0 Å². The molecule has 5 nitrogen and oxygen atoms in total. The molecule has 0 fully saturated rings. The van der Waals surface area contributed by atoms with Crippen molar-refractivity contribution in [2.45, 2.75) is 6.92 Å². The Labute approximate surface area is 93.3 Å². The number of benzene rings is 1. The predicted molar refractivity (Wildman–Crippen MR) is 57.7 cm³/mol. The van der Waals surface area contributed by atoms with Crippen molar-refractivity contribution in [3.63, 3.8) is 0 Å². The molecule has 0 aliphatic carbocycles. The van der Waals surface area contributed by atoms with Gasteiger partial charge in [0, 0.05) is 18.4 Å². The first-order chi connectivity index (χ1) is 7.79. The Balaban J connectivity index is 1.97. The fourth-order valence-electron chi connectivity index (χ4n) is 1.37. The van der Waals surface area contributed by atoms with Gasteiger partial charge in [-0.25, -0.2) is 0 Å². The number of ether oxygens (including phenoxy) is 3. The van der Waals surface area contributed by atoms with E-state index in [0.29, 0.717) is 23.8 Å². The van der Waals surface area contributed by atoms with Crippen LogP contribution >= 0.6 is 0 Å². The number of nitrogens with one attached hydrogen (secondary N) is 1. The zero-order valence-electron chi connectivity index (χ0n) is 8.99. The van der Waals surface area contributed by atoms with Crippen molar-refractivity contribution >= 4 is 11.6 Å². The first kappa shape index (κ1) is 10.8. The molecule has 0 saturated carbocycles. The van der Waals surface area contributed by atoms with E-state index in [2.05, 4.69) is 5.32 Å². The third-order valence-corrected chi connectivity index (χ3v) is 2.09. The van der Waals surface area contributed by atoms with Crippen LogP contribution in [-0.2, 0) is 9.53 Å². The first-order valence-corrected chi connectivity index (χ1v) is 5.07. The van der Waals surface area contributed by atoms with Gasteiger partial charge in [-0.3, -0.25) is 4.79 Å². The molecule has 1 aromatic carbocycles. The van der Waals surface area contributed by atoms with Crippen LogP contribution in [0.4, 0.5) is 5.69 Å². The SMILES string of the molecule is CCOCC(=O)Nc1ccc2c(c1)OCO2.